The minimum Gasteiger partial charge on any atom is -0.392 e. The Bertz CT molecular complexity index is 1310. The van der Waals surface area contributed by atoms with Gasteiger partial charge in [0.05, 0.1) is 23.1 Å². The number of carbonyl (C=O) groups is 1. The summed E-state index contributed by atoms with van der Waals surface area (Å²) in [7, 11) is -3.80. The molecule has 7 nitrogen and oxygen atoms in total. The van der Waals surface area contributed by atoms with Crippen LogP contribution in [0.25, 0.3) is 0 Å². The molecule has 0 aromatic heterocycles. The number of nitrogens with one attached hydrogen (secondary N) is 2. The molecule has 4 N–H and O–H groups in total. The number of fused-ring (bicyclic) bond motifs is 1. The third-order valence-electron chi connectivity index (χ3n) is 7.13. The van der Waals surface area contributed by atoms with Crippen molar-refractivity contribution in [2.24, 2.45) is 5.92 Å². The second-order valence-corrected chi connectivity index (χ2v) is 11.6. The first-order valence-corrected chi connectivity index (χ1v) is 14.0. The summed E-state index contributed by atoms with van der Waals surface area (Å²) in [4.78, 5) is 13.7. The van der Waals surface area contributed by atoms with Crippen molar-refractivity contribution in [1.29, 1.82) is 0 Å². The van der Waals surface area contributed by atoms with E-state index in [1.165, 1.54) is 12.1 Å². The van der Waals surface area contributed by atoms with E-state index >= 15 is 0 Å². The molecule has 3 aromatic carbocycles. The fourth-order valence-electron chi connectivity index (χ4n) is 4.92. The van der Waals surface area contributed by atoms with Gasteiger partial charge in [0, 0.05) is 18.9 Å². The van der Waals surface area contributed by atoms with Crippen LogP contribution in [-0.2, 0) is 21.2 Å². The molecule has 0 heterocycles. The summed E-state index contributed by atoms with van der Waals surface area (Å²) in [6, 6.07) is 23.1. The molecule has 0 bridgehead atoms. The molecule has 0 aliphatic heterocycles. The number of rotatable bonds is 10. The van der Waals surface area contributed by atoms with Crippen molar-refractivity contribution in [3.05, 3.63) is 101 Å². The first-order chi connectivity index (χ1) is 17.7. The monoisotopic (exact) mass is 522 g/mol. The number of amides is 1. The Kier molecular flexibility index (Phi) is 8.44. The third-order valence-corrected chi connectivity index (χ3v) is 8.57. The molecule has 1 aliphatic rings. The molecule has 5 unspecified atom stereocenters. The van der Waals surface area contributed by atoms with Gasteiger partial charge in [-0.05, 0) is 48.1 Å². The average molecular weight is 523 g/mol. The van der Waals surface area contributed by atoms with Gasteiger partial charge in [-0.1, -0.05) is 79.2 Å². The highest BCUT2D eigenvalue weighted by Crippen LogP contribution is 2.34. The van der Waals surface area contributed by atoms with Crippen LogP contribution in [0.3, 0.4) is 0 Å². The highest BCUT2D eigenvalue weighted by atomic mass is 32.2. The quantitative estimate of drug-likeness (QED) is 0.326. The minimum absolute atomic E-state index is 0.0444. The molecule has 3 aromatic rings. The zero-order valence-electron chi connectivity index (χ0n) is 21.0. The maximum atomic E-state index is 13.6. The number of benzene rings is 3. The Morgan fingerprint density at radius 2 is 1.65 bits per heavy atom. The number of aliphatic hydroxyl groups is 2. The van der Waals surface area contributed by atoms with Gasteiger partial charge < -0.3 is 15.5 Å². The van der Waals surface area contributed by atoms with E-state index in [4.69, 9.17) is 0 Å². The largest absolute Gasteiger partial charge is 0.392 e. The Balaban J connectivity index is 1.49. The number of sulfonamides is 1. The summed E-state index contributed by atoms with van der Waals surface area (Å²) in [6.07, 6.45) is -1.32. The molecular weight excluding hydrogens is 488 g/mol. The Morgan fingerprint density at radius 1 is 1.00 bits per heavy atom. The van der Waals surface area contributed by atoms with Gasteiger partial charge in [0.2, 0.25) is 15.9 Å². The molecule has 4 rings (SSSR count). The lowest BCUT2D eigenvalue weighted by molar-refractivity contribution is -0.128. The second-order valence-electron chi connectivity index (χ2n) is 9.82. The fraction of sp³-hybridized carbons (Fsp3) is 0.345. The van der Waals surface area contributed by atoms with Crippen molar-refractivity contribution < 1.29 is 23.4 Å². The van der Waals surface area contributed by atoms with Crippen LogP contribution in [0.15, 0.2) is 83.8 Å². The summed E-state index contributed by atoms with van der Waals surface area (Å²) < 4.78 is 27.8. The molecule has 0 saturated heterocycles. The molecule has 196 valence electrons. The van der Waals surface area contributed by atoms with Gasteiger partial charge in [-0.2, -0.15) is 0 Å². The highest BCUT2D eigenvalue weighted by molar-refractivity contribution is 7.89. The number of aliphatic hydroxyl groups excluding tert-OH is 2. The fourth-order valence-corrected chi connectivity index (χ4v) is 5.99. The van der Waals surface area contributed by atoms with Crippen molar-refractivity contribution in [1.82, 2.24) is 10.0 Å². The maximum Gasteiger partial charge on any atom is 0.240 e. The van der Waals surface area contributed by atoms with Gasteiger partial charge in [0.15, 0.2) is 0 Å². The molecule has 1 aliphatic carbocycles. The molecule has 37 heavy (non-hydrogen) atoms. The Hall–Kier alpha value is -3.04. The number of aryl methyl sites for hydroxylation is 1. The molecule has 0 fully saturated rings. The summed E-state index contributed by atoms with van der Waals surface area (Å²) >= 11 is 0. The van der Waals surface area contributed by atoms with Crippen LogP contribution < -0.4 is 10.0 Å². The Morgan fingerprint density at radius 3 is 2.35 bits per heavy atom. The highest BCUT2D eigenvalue weighted by Gasteiger charge is 2.36. The van der Waals surface area contributed by atoms with Crippen LogP contribution in [-0.4, -0.2) is 43.3 Å². The van der Waals surface area contributed by atoms with Crippen molar-refractivity contribution in [3.8, 4) is 0 Å². The maximum absolute atomic E-state index is 13.6. The molecule has 0 saturated carbocycles. The first-order valence-electron chi connectivity index (χ1n) is 12.5. The van der Waals surface area contributed by atoms with Crippen molar-refractivity contribution in [2.45, 2.75) is 55.8 Å². The molecule has 5 atom stereocenters. The van der Waals surface area contributed by atoms with Crippen molar-refractivity contribution >= 4 is 15.9 Å². The van der Waals surface area contributed by atoms with E-state index in [1.54, 1.807) is 12.1 Å². The zero-order chi connectivity index (χ0) is 26.6. The second kappa shape index (κ2) is 11.6. The SMILES string of the molecule is Cc1ccc(S(=O)(=O)NCC(O)CC(C(=O)NC2c3ccccc3CC2O)C(C)c2ccccc2)cc1. The van der Waals surface area contributed by atoms with Crippen LogP contribution in [0.4, 0.5) is 0 Å². The minimum atomic E-state index is -3.80. The van der Waals surface area contributed by atoms with E-state index in [1.807, 2.05) is 68.4 Å². The predicted molar refractivity (Wildman–Crippen MR) is 142 cm³/mol. The van der Waals surface area contributed by atoms with Crippen LogP contribution in [0.5, 0.6) is 0 Å². The van der Waals surface area contributed by atoms with Gasteiger partial charge in [-0.3, -0.25) is 4.79 Å². The van der Waals surface area contributed by atoms with E-state index in [-0.39, 0.29) is 29.7 Å². The Labute approximate surface area is 218 Å². The zero-order valence-corrected chi connectivity index (χ0v) is 21.9. The van der Waals surface area contributed by atoms with Gasteiger partial charge in [0.1, 0.15) is 0 Å². The lowest BCUT2D eigenvalue weighted by Gasteiger charge is -2.28. The lowest BCUT2D eigenvalue weighted by Crippen LogP contribution is -2.42. The first kappa shape index (κ1) is 27.0. The van der Waals surface area contributed by atoms with Crippen LogP contribution in [0.1, 0.15) is 47.6 Å². The number of hydrogen-bond donors (Lipinski definition) is 4. The van der Waals surface area contributed by atoms with E-state index in [0.717, 1.165) is 22.3 Å². The molecular formula is C29H34N2O5S. The van der Waals surface area contributed by atoms with Gasteiger partial charge in [0.25, 0.3) is 0 Å². The predicted octanol–water partition coefficient (Wildman–Crippen LogP) is 3.22. The molecule has 8 heteroatoms. The molecule has 1 amide bonds. The third kappa shape index (κ3) is 6.45. The van der Waals surface area contributed by atoms with Crippen LogP contribution in [0.2, 0.25) is 0 Å². The summed E-state index contributed by atoms with van der Waals surface area (Å²) in [6.45, 7) is 3.56. The summed E-state index contributed by atoms with van der Waals surface area (Å²) in [5.41, 5.74) is 3.76. The smallest absolute Gasteiger partial charge is 0.240 e. The van der Waals surface area contributed by atoms with Crippen molar-refractivity contribution in [3.63, 3.8) is 0 Å². The molecule has 0 radical (unpaired) electrons. The van der Waals surface area contributed by atoms with E-state index in [9.17, 15) is 23.4 Å². The van der Waals surface area contributed by atoms with Gasteiger partial charge >= 0.3 is 0 Å². The average Bonchev–Trinajstić information content (AvgIpc) is 3.21. The van der Waals surface area contributed by atoms with Crippen molar-refractivity contribution in [2.75, 3.05) is 6.54 Å². The topological polar surface area (TPSA) is 116 Å². The molecule has 0 spiro atoms. The van der Waals surface area contributed by atoms with E-state index in [2.05, 4.69) is 10.0 Å². The summed E-state index contributed by atoms with van der Waals surface area (Å²) in [5, 5.41) is 24.5. The van der Waals surface area contributed by atoms with Gasteiger partial charge in [-0.25, -0.2) is 13.1 Å². The lowest BCUT2D eigenvalue weighted by atomic mass is 9.83. The van der Waals surface area contributed by atoms with Crippen LogP contribution >= 0.6 is 0 Å². The number of hydrogen-bond acceptors (Lipinski definition) is 5. The standard InChI is InChI=1S/C29H34N2O5S/c1-19-12-14-24(15-13-19)37(35,36)30-18-23(32)17-26(20(2)21-8-4-3-5-9-21)29(34)31-28-25-11-7-6-10-22(25)16-27(28)33/h3-15,20,23,26-28,30,32-33H,16-18H2,1-2H3,(H,31,34). The summed E-state index contributed by atoms with van der Waals surface area (Å²) in [5.74, 6) is -1.20. The van der Waals surface area contributed by atoms with Crippen LogP contribution in [0, 0.1) is 12.8 Å². The van der Waals surface area contributed by atoms with E-state index in [0.29, 0.717) is 6.42 Å². The number of carbonyl (C=O) groups excluding carboxylic acids is 1. The normalized spacial score (nSPS) is 19.6. The van der Waals surface area contributed by atoms with E-state index < -0.39 is 34.2 Å². The van der Waals surface area contributed by atoms with Gasteiger partial charge in [-0.15, -0.1) is 0 Å².